The fourth-order valence-corrected chi connectivity index (χ4v) is 3.28. The average molecular weight is 338 g/mol. The molecule has 0 bridgehead atoms. The van der Waals surface area contributed by atoms with Gasteiger partial charge in [-0.2, -0.15) is 0 Å². The van der Waals surface area contributed by atoms with Gasteiger partial charge in [-0.15, -0.1) is 0 Å². The average Bonchev–Trinajstić information content (AvgIpc) is 2.88. The standard InChI is InChI=1S/C21H26N2O2/c1-17-8-10-18(11-9-17)16-22-12-5-13-23(15-14-22)21(24)19-6-3-4-7-20(19)25-2/h3-4,6-11H,5,12-16H2,1-2H3. The zero-order chi connectivity index (χ0) is 17.6. The Bertz CT molecular complexity index is 712. The fourth-order valence-electron chi connectivity index (χ4n) is 3.28. The van der Waals surface area contributed by atoms with E-state index in [2.05, 4.69) is 36.1 Å². The third kappa shape index (κ3) is 4.40. The summed E-state index contributed by atoms with van der Waals surface area (Å²) in [7, 11) is 1.61. The summed E-state index contributed by atoms with van der Waals surface area (Å²) >= 11 is 0. The number of rotatable bonds is 4. The van der Waals surface area contributed by atoms with Crippen LogP contribution in [0.25, 0.3) is 0 Å². The molecule has 25 heavy (non-hydrogen) atoms. The summed E-state index contributed by atoms with van der Waals surface area (Å²) in [4.78, 5) is 17.2. The second kappa shape index (κ2) is 8.17. The third-order valence-corrected chi connectivity index (χ3v) is 4.74. The summed E-state index contributed by atoms with van der Waals surface area (Å²) in [5.41, 5.74) is 3.26. The molecule has 0 N–H and O–H groups in total. The van der Waals surface area contributed by atoms with Gasteiger partial charge in [-0.05, 0) is 31.0 Å². The molecule has 1 heterocycles. The molecule has 1 amide bonds. The molecule has 0 radical (unpaired) electrons. The molecule has 4 heteroatoms. The van der Waals surface area contributed by atoms with Gasteiger partial charge in [-0.1, -0.05) is 42.0 Å². The van der Waals surface area contributed by atoms with Gasteiger partial charge in [0, 0.05) is 32.7 Å². The van der Waals surface area contributed by atoms with E-state index >= 15 is 0 Å². The molecule has 3 rings (SSSR count). The van der Waals surface area contributed by atoms with Crippen LogP contribution < -0.4 is 4.74 Å². The first kappa shape index (κ1) is 17.5. The quantitative estimate of drug-likeness (QED) is 0.857. The highest BCUT2D eigenvalue weighted by atomic mass is 16.5. The van der Waals surface area contributed by atoms with Crippen LogP contribution in [0.3, 0.4) is 0 Å². The van der Waals surface area contributed by atoms with Crippen molar-refractivity contribution in [2.24, 2.45) is 0 Å². The number of benzene rings is 2. The van der Waals surface area contributed by atoms with Crippen molar-refractivity contribution in [1.82, 2.24) is 9.80 Å². The zero-order valence-corrected chi connectivity index (χ0v) is 15.1. The Labute approximate surface area is 150 Å². The van der Waals surface area contributed by atoms with Crippen molar-refractivity contribution < 1.29 is 9.53 Å². The van der Waals surface area contributed by atoms with Crippen LogP contribution >= 0.6 is 0 Å². The van der Waals surface area contributed by atoms with Crippen LogP contribution in [0.1, 0.15) is 27.9 Å². The minimum Gasteiger partial charge on any atom is -0.496 e. The summed E-state index contributed by atoms with van der Waals surface area (Å²) in [6, 6.07) is 16.2. The van der Waals surface area contributed by atoms with Crippen molar-refractivity contribution in [1.29, 1.82) is 0 Å². The molecule has 0 atom stereocenters. The molecule has 1 aliphatic heterocycles. The van der Waals surface area contributed by atoms with Gasteiger partial charge in [0.2, 0.25) is 0 Å². The van der Waals surface area contributed by atoms with Crippen LogP contribution in [-0.2, 0) is 6.54 Å². The molecule has 1 saturated heterocycles. The lowest BCUT2D eigenvalue weighted by molar-refractivity contribution is 0.0757. The predicted molar refractivity (Wildman–Crippen MR) is 100.0 cm³/mol. The maximum atomic E-state index is 12.9. The van der Waals surface area contributed by atoms with Gasteiger partial charge in [-0.3, -0.25) is 9.69 Å². The van der Waals surface area contributed by atoms with E-state index in [-0.39, 0.29) is 5.91 Å². The molecule has 0 aliphatic carbocycles. The van der Waals surface area contributed by atoms with Crippen molar-refractivity contribution in [2.75, 3.05) is 33.3 Å². The van der Waals surface area contributed by atoms with Crippen LogP contribution in [0.5, 0.6) is 5.75 Å². The van der Waals surface area contributed by atoms with E-state index in [4.69, 9.17) is 4.74 Å². The molecule has 1 aliphatic rings. The number of methoxy groups -OCH3 is 1. The van der Waals surface area contributed by atoms with Crippen molar-refractivity contribution in [3.05, 3.63) is 65.2 Å². The number of hydrogen-bond donors (Lipinski definition) is 0. The number of carbonyl (C=O) groups excluding carboxylic acids is 1. The van der Waals surface area contributed by atoms with Crippen LogP contribution in [-0.4, -0.2) is 49.0 Å². The highest BCUT2D eigenvalue weighted by Gasteiger charge is 2.22. The Kier molecular flexibility index (Phi) is 5.71. The fraction of sp³-hybridized carbons (Fsp3) is 0.381. The van der Waals surface area contributed by atoms with Crippen LogP contribution in [0.4, 0.5) is 0 Å². The van der Waals surface area contributed by atoms with Crippen molar-refractivity contribution in [3.8, 4) is 5.75 Å². The van der Waals surface area contributed by atoms with Gasteiger partial charge in [0.25, 0.3) is 5.91 Å². The summed E-state index contributed by atoms with van der Waals surface area (Å²) in [6.45, 7) is 6.51. The highest BCUT2D eigenvalue weighted by Crippen LogP contribution is 2.20. The first-order valence-corrected chi connectivity index (χ1v) is 8.87. The molecule has 2 aromatic rings. The monoisotopic (exact) mass is 338 g/mol. The zero-order valence-electron chi connectivity index (χ0n) is 15.1. The third-order valence-electron chi connectivity index (χ3n) is 4.74. The number of amides is 1. The molecule has 0 aromatic heterocycles. The molecule has 132 valence electrons. The Morgan fingerprint density at radius 3 is 2.52 bits per heavy atom. The van der Waals surface area contributed by atoms with Gasteiger partial charge in [0.15, 0.2) is 0 Å². The van der Waals surface area contributed by atoms with Crippen molar-refractivity contribution in [3.63, 3.8) is 0 Å². The smallest absolute Gasteiger partial charge is 0.257 e. The van der Waals surface area contributed by atoms with Gasteiger partial charge >= 0.3 is 0 Å². The number of carbonyl (C=O) groups is 1. The van der Waals surface area contributed by atoms with E-state index in [1.54, 1.807) is 7.11 Å². The molecule has 2 aromatic carbocycles. The van der Waals surface area contributed by atoms with Crippen molar-refractivity contribution in [2.45, 2.75) is 19.9 Å². The van der Waals surface area contributed by atoms with Gasteiger partial charge in [-0.25, -0.2) is 0 Å². The van der Waals surface area contributed by atoms with E-state index < -0.39 is 0 Å². The van der Waals surface area contributed by atoms with Gasteiger partial charge in [0.05, 0.1) is 12.7 Å². The number of para-hydroxylation sites is 1. The van der Waals surface area contributed by atoms with E-state index in [1.165, 1.54) is 11.1 Å². The predicted octanol–water partition coefficient (Wildman–Crippen LogP) is 3.35. The van der Waals surface area contributed by atoms with Crippen LogP contribution in [0.2, 0.25) is 0 Å². The SMILES string of the molecule is COc1ccccc1C(=O)N1CCCN(Cc2ccc(C)cc2)CC1. The van der Waals surface area contributed by atoms with Gasteiger partial charge < -0.3 is 9.64 Å². The Hall–Kier alpha value is -2.33. The lowest BCUT2D eigenvalue weighted by Crippen LogP contribution is -2.35. The Balaban J connectivity index is 1.63. The maximum absolute atomic E-state index is 12.9. The minimum absolute atomic E-state index is 0.0645. The lowest BCUT2D eigenvalue weighted by atomic mass is 10.1. The van der Waals surface area contributed by atoms with Gasteiger partial charge in [0.1, 0.15) is 5.75 Å². The summed E-state index contributed by atoms with van der Waals surface area (Å²) in [5, 5.41) is 0. The summed E-state index contributed by atoms with van der Waals surface area (Å²) in [5.74, 6) is 0.711. The van der Waals surface area contributed by atoms with Crippen molar-refractivity contribution >= 4 is 5.91 Å². The topological polar surface area (TPSA) is 32.8 Å². The second-order valence-corrected chi connectivity index (χ2v) is 6.61. The second-order valence-electron chi connectivity index (χ2n) is 6.61. The van der Waals surface area contributed by atoms with E-state index in [0.717, 1.165) is 39.1 Å². The van der Waals surface area contributed by atoms with Crippen LogP contribution in [0, 0.1) is 6.92 Å². The molecular weight excluding hydrogens is 312 g/mol. The number of ether oxygens (including phenoxy) is 1. The molecule has 4 nitrogen and oxygen atoms in total. The number of nitrogens with zero attached hydrogens (tertiary/aromatic N) is 2. The Morgan fingerprint density at radius 1 is 1.00 bits per heavy atom. The number of aryl methyl sites for hydroxylation is 1. The molecule has 0 spiro atoms. The first-order valence-electron chi connectivity index (χ1n) is 8.87. The Morgan fingerprint density at radius 2 is 1.76 bits per heavy atom. The van der Waals surface area contributed by atoms with E-state index in [0.29, 0.717) is 11.3 Å². The maximum Gasteiger partial charge on any atom is 0.257 e. The van der Waals surface area contributed by atoms with Crippen LogP contribution in [0.15, 0.2) is 48.5 Å². The lowest BCUT2D eigenvalue weighted by Gasteiger charge is -2.23. The molecule has 0 unspecified atom stereocenters. The van der Waals surface area contributed by atoms with E-state index in [1.807, 2.05) is 29.2 Å². The minimum atomic E-state index is 0.0645. The highest BCUT2D eigenvalue weighted by molar-refractivity contribution is 5.97. The molecular formula is C21H26N2O2. The molecule has 1 fully saturated rings. The normalized spacial score (nSPS) is 15.7. The first-order chi connectivity index (χ1) is 12.2. The summed E-state index contributed by atoms with van der Waals surface area (Å²) in [6.07, 6.45) is 0.993. The molecule has 0 saturated carbocycles. The number of hydrogen-bond acceptors (Lipinski definition) is 3. The summed E-state index contributed by atoms with van der Waals surface area (Å²) < 4.78 is 5.34. The largest absolute Gasteiger partial charge is 0.496 e. The van der Waals surface area contributed by atoms with E-state index in [9.17, 15) is 4.79 Å².